The van der Waals surface area contributed by atoms with Gasteiger partial charge in [0, 0.05) is 31.7 Å². The van der Waals surface area contributed by atoms with Gasteiger partial charge in [-0.15, -0.1) is 0 Å². The lowest BCUT2D eigenvalue weighted by atomic mass is 9.93. The van der Waals surface area contributed by atoms with E-state index in [-0.39, 0.29) is 11.5 Å². The van der Waals surface area contributed by atoms with Gasteiger partial charge in [0.1, 0.15) is 17.2 Å². The van der Waals surface area contributed by atoms with Gasteiger partial charge in [-0.3, -0.25) is 9.59 Å². The first-order chi connectivity index (χ1) is 14.8. The van der Waals surface area contributed by atoms with Gasteiger partial charge in [-0.05, 0) is 50.6 Å². The molecule has 0 bridgehead atoms. The van der Waals surface area contributed by atoms with Crippen molar-refractivity contribution in [3.63, 3.8) is 0 Å². The van der Waals surface area contributed by atoms with Crippen LogP contribution in [0.25, 0.3) is 11.0 Å². The second-order valence-electron chi connectivity index (χ2n) is 8.89. The molecule has 2 N–H and O–H groups in total. The smallest absolute Gasteiger partial charge is 0.310 e. The maximum absolute atomic E-state index is 12.7. The minimum Gasteiger partial charge on any atom is -0.497 e. The number of carboxylic acid groups (broad SMARTS) is 1. The lowest BCUT2D eigenvalue weighted by Gasteiger charge is -2.26. The predicted molar refractivity (Wildman–Crippen MR) is 118 cm³/mol. The summed E-state index contributed by atoms with van der Waals surface area (Å²) in [5, 5.41) is 9.97. The first-order valence-electron chi connectivity index (χ1n) is 10.4. The Morgan fingerprint density at radius 1 is 1.29 bits per heavy atom. The minimum atomic E-state index is -0.813. The summed E-state index contributed by atoms with van der Waals surface area (Å²) in [6.07, 6.45) is 2.72. The van der Waals surface area contributed by atoms with Crippen LogP contribution in [0.3, 0.4) is 0 Å². The van der Waals surface area contributed by atoms with Crippen molar-refractivity contribution in [2.45, 2.75) is 32.7 Å². The molecule has 1 unspecified atom stereocenters. The molecule has 8 heteroatoms. The highest BCUT2D eigenvalue weighted by molar-refractivity contribution is 5.75. The van der Waals surface area contributed by atoms with E-state index in [9.17, 15) is 14.7 Å². The standard InChI is InChI=1S/C23H28N4O4/c1-23(2,22(29)30)14-26-10-8-16(13-26)19-24-20-18(21(28)25-19)9-11-27(20)12-15-4-6-17(31-3)7-5-15/h4-7,9,11,16H,8,10,12-14H2,1-3H3,(H,29,30)(H,24,25,28). The van der Waals surface area contributed by atoms with E-state index in [1.165, 1.54) is 0 Å². The largest absolute Gasteiger partial charge is 0.497 e. The van der Waals surface area contributed by atoms with Crippen molar-refractivity contribution in [1.29, 1.82) is 0 Å². The van der Waals surface area contributed by atoms with Crippen LogP contribution in [0.1, 0.15) is 37.6 Å². The number of ether oxygens (including phenoxy) is 1. The maximum Gasteiger partial charge on any atom is 0.310 e. The number of fused-ring (bicyclic) bond motifs is 1. The number of benzene rings is 1. The van der Waals surface area contributed by atoms with Gasteiger partial charge in [-0.25, -0.2) is 4.98 Å². The van der Waals surface area contributed by atoms with Gasteiger partial charge in [0.25, 0.3) is 5.56 Å². The van der Waals surface area contributed by atoms with Gasteiger partial charge in [-0.1, -0.05) is 12.1 Å². The van der Waals surface area contributed by atoms with Gasteiger partial charge < -0.3 is 24.3 Å². The lowest BCUT2D eigenvalue weighted by Crippen LogP contribution is -2.38. The van der Waals surface area contributed by atoms with E-state index in [1.54, 1.807) is 27.0 Å². The molecule has 31 heavy (non-hydrogen) atoms. The molecule has 1 aromatic carbocycles. The predicted octanol–water partition coefficient (Wildman–Crippen LogP) is 2.68. The van der Waals surface area contributed by atoms with Crippen molar-refractivity contribution in [1.82, 2.24) is 19.4 Å². The van der Waals surface area contributed by atoms with Gasteiger partial charge in [0.05, 0.1) is 17.9 Å². The fraction of sp³-hybridized carbons (Fsp3) is 0.435. The van der Waals surface area contributed by atoms with Crippen molar-refractivity contribution >= 4 is 17.0 Å². The SMILES string of the molecule is COc1ccc(Cn2ccc3c(=O)[nH]c(C4CCN(CC(C)(C)C(=O)O)C4)nc32)cc1. The molecule has 0 amide bonds. The topological polar surface area (TPSA) is 100 Å². The molecule has 0 radical (unpaired) electrons. The number of nitrogens with one attached hydrogen (secondary N) is 1. The van der Waals surface area contributed by atoms with Crippen LogP contribution in [0.5, 0.6) is 5.75 Å². The lowest BCUT2D eigenvalue weighted by molar-refractivity contribution is -0.147. The molecule has 3 heterocycles. The molecule has 164 valence electrons. The molecule has 1 fully saturated rings. The number of aromatic nitrogens is 3. The number of hydrogen-bond acceptors (Lipinski definition) is 5. The second kappa shape index (κ2) is 8.19. The highest BCUT2D eigenvalue weighted by Gasteiger charge is 2.34. The number of H-pyrrole nitrogens is 1. The number of aliphatic carboxylic acids is 1. The van der Waals surface area contributed by atoms with E-state index in [0.29, 0.717) is 36.5 Å². The van der Waals surface area contributed by atoms with E-state index < -0.39 is 11.4 Å². The third-order valence-corrected chi connectivity index (χ3v) is 6.02. The third-order valence-electron chi connectivity index (χ3n) is 6.02. The van der Waals surface area contributed by atoms with E-state index in [0.717, 1.165) is 24.3 Å². The Bertz CT molecular complexity index is 1150. The van der Waals surface area contributed by atoms with E-state index in [2.05, 4.69) is 9.88 Å². The molecule has 1 aliphatic heterocycles. The molecule has 0 aliphatic carbocycles. The molecule has 1 saturated heterocycles. The average Bonchev–Trinajstić information content (AvgIpc) is 3.36. The fourth-order valence-corrected chi connectivity index (χ4v) is 4.17. The number of carboxylic acids is 1. The summed E-state index contributed by atoms with van der Waals surface area (Å²) in [5.74, 6) is 0.740. The minimum absolute atomic E-state index is 0.0750. The molecule has 4 rings (SSSR count). The molecule has 0 saturated carbocycles. The van der Waals surface area contributed by atoms with E-state index >= 15 is 0 Å². The summed E-state index contributed by atoms with van der Waals surface area (Å²) in [6, 6.07) is 9.62. The molecule has 8 nitrogen and oxygen atoms in total. The highest BCUT2D eigenvalue weighted by atomic mass is 16.5. The van der Waals surface area contributed by atoms with Crippen LogP contribution in [0, 0.1) is 5.41 Å². The first kappa shape index (κ1) is 21.1. The summed E-state index contributed by atoms with van der Waals surface area (Å²) in [6.45, 7) is 6.02. The number of aromatic amines is 1. The molecule has 0 spiro atoms. The van der Waals surface area contributed by atoms with Gasteiger partial charge >= 0.3 is 5.97 Å². The molecule has 1 aliphatic rings. The van der Waals surface area contributed by atoms with Gasteiger partial charge in [0.15, 0.2) is 0 Å². The quantitative estimate of drug-likeness (QED) is 0.605. The summed E-state index contributed by atoms with van der Waals surface area (Å²) in [5.41, 5.74) is 0.800. The number of carbonyl (C=O) groups is 1. The van der Waals surface area contributed by atoms with Crippen LogP contribution in [-0.2, 0) is 11.3 Å². The fourth-order valence-electron chi connectivity index (χ4n) is 4.17. The van der Waals surface area contributed by atoms with Gasteiger partial charge in [0.2, 0.25) is 0 Å². The monoisotopic (exact) mass is 424 g/mol. The Hall–Kier alpha value is -3.13. The zero-order chi connectivity index (χ0) is 22.2. The number of likely N-dealkylation sites (tertiary alicyclic amines) is 1. The van der Waals surface area contributed by atoms with Crippen LogP contribution in [0.2, 0.25) is 0 Å². The van der Waals surface area contributed by atoms with E-state index in [1.807, 2.05) is 35.0 Å². The van der Waals surface area contributed by atoms with Crippen LogP contribution in [0.15, 0.2) is 41.3 Å². The number of methoxy groups -OCH3 is 1. The zero-order valence-corrected chi connectivity index (χ0v) is 18.1. The number of nitrogens with zero attached hydrogens (tertiary/aromatic N) is 3. The normalized spacial score (nSPS) is 17.3. The van der Waals surface area contributed by atoms with Crippen molar-refractivity contribution in [3.8, 4) is 5.75 Å². The Balaban J connectivity index is 1.56. The van der Waals surface area contributed by atoms with Crippen LogP contribution in [-0.4, -0.2) is 57.3 Å². The highest BCUT2D eigenvalue weighted by Crippen LogP contribution is 2.28. The zero-order valence-electron chi connectivity index (χ0n) is 18.1. The van der Waals surface area contributed by atoms with Crippen molar-refractivity contribution < 1.29 is 14.6 Å². The van der Waals surface area contributed by atoms with Crippen molar-refractivity contribution in [2.75, 3.05) is 26.7 Å². The second-order valence-corrected chi connectivity index (χ2v) is 8.89. The van der Waals surface area contributed by atoms with Crippen LogP contribution in [0.4, 0.5) is 0 Å². The Morgan fingerprint density at radius 2 is 2.03 bits per heavy atom. The molecular formula is C23H28N4O4. The van der Waals surface area contributed by atoms with E-state index in [4.69, 9.17) is 9.72 Å². The third kappa shape index (κ3) is 4.34. The molecule has 2 aromatic heterocycles. The average molecular weight is 425 g/mol. The first-order valence-corrected chi connectivity index (χ1v) is 10.4. The van der Waals surface area contributed by atoms with Crippen LogP contribution < -0.4 is 10.3 Å². The summed E-state index contributed by atoms with van der Waals surface area (Å²) in [4.78, 5) is 34.0. The van der Waals surface area contributed by atoms with Crippen molar-refractivity contribution in [3.05, 3.63) is 58.3 Å². The number of hydrogen-bond donors (Lipinski definition) is 2. The maximum atomic E-state index is 12.7. The Morgan fingerprint density at radius 3 is 2.71 bits per heavy atom. The molecule has 3 aromatic rings. The van der Waals surface area contributed by atoms with Crippen LogP contribution >= 0.6 is 0 Å². The van der Waals surface area contributed by atoms with Gasteiger partial charge in [-0.2, -0.15) is 0 Å². The Kier molecular flexibility index (Phi) is 5.58. The number of rotatable bonds is 7. The Labute approximate surface area is 180 Å². The molecular weight excluding hydrogens is 396 g/mol. The molecule has 1 atom stereocenters. The summed E-state index contributed by atoms with van der Waals surface area (Å²) >= 11 is 0. The summed E-state index contributed by atoms with van der Waals surface area (Å²) < 4.78 is 7.20. The van der Waals surface area contributed by atoms with Crippen molar-refractivity contribution in [2.24, 2.45) is 5.41 Å². The summed E-state index contributed by atoms with van der Waals surface area (Å²) in [7, 11) is 1.64.